The van der Waals surface area contributed by atoms with Gasteiger partial charge in [0.2, 0.25) is 11.8 Å². The Morgan fingerprint density at radius 1 is 1.14 bits per heavy atom. The van der Waals surface area contributed by atoms with Gasteiger partial charge in [-0.2, -0.15) is 9.97 Å². The summed E-state index contributed by atoms with van der Waals surface area (Å²) in [6.07, 6.45) is 0. The molecule has 0 fully saturated rings. The van der Waals surface area contributed by atoms with Gasteiger partial charge in [-0.25, -0.2) is 9.18 Å². The molecule has 0 aliphatic carbocycles. The topological polar surface area (TPSA) is 81.5 Å². The van der Waals surface area contributed by atoms with E-state index in [0.717, 1.165) is 0 Å². The summed E-state index contributed by atoms with van der Waals surface area (Å²) in [5, 5.41) is 9.33. The Morgan fingerprint density at radius 2 is 1.67 bits per heavy atom. The molecule has 0 aliphatic rings. The van der Waals surface area contributed by atoms with Crippen LogP contribution in [0.3, 0.4) is 0 Å². The van der Waals surface area contributed by atoms with E-state index in [4.69, 9.17) is 9.47 Å². The highest BCUT2D eigenvalue weighted by atomic mass is 19.1. The smallest absolute Gasteiger partial charge is 0.354 e. The second-order valence-corrected chi connectivity index (χ2v) is 4.11. The van der Waals surface area contributed by atoms with E-state index in [9.17, 15) is 9.90 Å². The molecule has 1 unspecified atom stereocenters. The molecule has 1 atom stereocenters. The van der Waals surface area contributed by atoms with Gasteiger partial charge < -0.3 is 14.6 Å². The van der Waals surface area contributed by atoms with Crippen molar-refractivity contribution in [3.8, 4) is 11.8 Å². The fourth-order valence-corrected chi connectivity index (χ4v) is 1.78. The van der Waals surface area contributed by atoms with Crippen molar-refractivity contribution in [2.75, 3.05) is 14.2 Å². The lowest BCUT2D eigenvalue weighted by Gasteiger charge is -2.20. The maximum absolute atomic E-state index is 15.2. The molecule has 6 nitrogen and oxygen atoms in total. The van der Waals surface area contributed by atoms with Crippen molar-refractivity contribution in [3.63, 3.8) is 0 Å². The third-order valence-corrected chi connectivity index (χ3v) is 2.87. The van der Waals surface area contributed by atoms with Gasteiger partial charge >= 0.3 is 5.97 Å². The molecule has 0 bridgehead atoms. The van der Waals surface area contributed by atoms with E-state index in [2.05, 4.69) is 9.97 Å². The number of carboxylic acid groups (broad SMARTS) is 1. The van der Waals surface area contributed by atoms with E-state index >= 15 is 4.39 Å². The highest BCUT2D eigenvalue weighted by Gasteiger charge is 2.46. The number of benzene rings is 1. The highest BCUT2D eigenvalue weighted by molar-refractivity contribution is 5.82. The third-order valence-electron chi connectivity index (χ3n) is 2.87. The summed E-state index contributed by atoms with van der Waals surface area (Å²) in [4.78, 5) is 19.1. The fraction of sp³-hybridized carbons (Fsp3) is 0.214. The first-order chi connectivity index (χ1) is 10.0. The molecule has 110 valence electrons. The molecule has 0 radical (unpaired) electrons. The van der Waals surface area contributed by atoms with Crippen LogP contribution in [0.15, 0.2) is 36.4 Å². The molecule has 1 aromatic carbocycles. The van der Waals surface area contributed by atoms with Crippen LogP contribution in [-0.2, 0) is 10.5 Å². The number of carbonyl (C=O) groups is 1. The third kappa shape index (κ3) is 2.62. The molecule has 21 heavy (non-hydrogen) atoms. The summed E-state index contributed by atoms with van der Waals surface area (Å²) >= 11 is 0. The standard InChI is InChI=1S/C14H13FN2O4/c1-20-10-8-11(21-2)17-12(16-10)14(15,13(18)19)9-6-4-3-5-7-9/h3-8H,1-2H3,(H,18,19). The summed E-state index contributed by atoms with van der Waals surface area (Å²) < 4.78 is 25.0. The fourth-order valence-electron chi connectivity index (χ4n) is 1.78. The van der Waals surface area contributed by atoms with E-state index < -0.39 is 17.5 Å². The van der Waals surface area contributed by atoms with Gasteiger partial charge in [-0.3, -0.25) is 0 Å². The number of aromatic nitrogens is 2. The Kier molecular flexibility index (Phi) is 4.02. The molecule has 1 heterocycles. The molecule has 1 aromatic heterocycles. The van der Waals surface area contributed by atoms with Gasteiger partial charge in [0.05, 0.1) is 20.3 Å². The molecule has 0 aliphatic heterocycles. The predicted octanol–water partition coefficient (Wildman–Crippen LogP) is 1.79. The molecule has 0 saturated heterocycles. The zero-order valence-electron chi connectivity index (χ0n) is 11.4. The lowest BCUT2D eigenvalue weighted by atomic mass is 9.95. The van der Waals surface area contributed by atoms with Gasteiger partial charge in [0.25, 0.3) is 5.67 Å². The van der Waals surface area contributed by atoms with Crippen molar-refractivity contribution < 1.29 is 23.8 Å². The summed E-state index contributed by atoms with van der Waals surface area (Å²) in [5.41, 5.74) is -2.99. The Bertz CT molecular complexity index is 628. The largest absolute Gasteiger partial charge is 0.481 e. The number of ether oxygens (including phenoxy) is 2. The lowest BCUT2D eigenvalue weighted by Crippen LogP contribution is -2.34. The number of methoxy groups -OCH3 is 2. The van der Waals surface area contributed by atoms with Gasteiger partial charge in [0.1, 0.15) is 0 Å². The van der Waals surface area contributed by atoms with Crippen molar-refractivity contribution in [2.24, 2.45) is 0 Å². The first-order valence-electron chi connectivity index (χ1n) is 5.97. The molecule has 0 amide bonds. The second-order valence-electron chi connectivity index (χ2n) is 4.11. The minimum absolute atomic E-state index is 0.0102. The predicted molar refractivity (Wildman–Crippen MR) is 71.1 cm³/mol. The van der Waals surface area contributed by atoms with Gasteiger partial charge in [-0.05, 0) is 0 Å². The van der Waals surface area contributed by atoms with Crippen LogP contribution in [0.1, 0.15) is 11.4 Å². The number of aliphatic carboxylic acids is 1. The monoisotopic (exact) mass is 292 g/mol. The number of halogens is 1. The van der Waals surface area contributed by atoms with Crippen molar-refractivity contribution in [1.29, 1.82) is 0 Å². The number of rotatable bonds is 5. The summed E-state index contributed by atoms with van der Waals surface area (Å²) in [5.74, 6) is -2.26. The molecule has 2 aromatic rings. The maximum atomic E-state index is 15.2. The van der Waals surface area contributed by atoms with Gasteiger partial charge in [-0.15, -0.1) is 0 Å². The second kappa shape index (κ2) is 5.74. The maximum Gasteiger partial charge on any atom is 0.354 e. The molecular weight excluding hydrogens is 279 g/mol. The molecule has 0 spiro atoms. The molecule has 1 N–H and O–H groups in total. The van der Waals surface area contributed by atoms with Crippen molar-refractivity contribution >= 4 is 5.97 Å². The number of hydrogen-bond acceptors (Lipinski definition) is 5. The average Bonchev–Trinajstić information content (AvgIpc) is 2.54. The first-order valence-corrected chi connectivity index (χ1v) is 5.97. The van der Waals surface area contributed by atoms with Gasteiger partial charge in [0.15, 0.2) is 5.82 Å². The zero-order chi connectivity index (χ0) is 15.5. The Labute approximate surface area is 120 Å². The SMILES string of the molecule is COc1cc(OC)nc(C(F)(C(=O)O)c2ccccc2)n1. The van der Waals surface area contributed by atoms with E-state index in [1.807, 2.05) is 0 Å². The number of hydrogen-bond donors (Lipinski definition) is 1. The minimum atomic E-state index is -2.90. The van der Waals surface area contributed by atoms with Crippen LogP contribution < -0.4 is 9.47 Å². The van der Waals surface area contributed by atoms with Gasteiger partial charge in [0, 0.05) is 5.56 Å². The van der Waals surface area contributed by atoms with Crippen LogP contribution in [0.2, 0.25) is 0 Å². The van der Waals surface area contributed by atoms with E-state index in [-0.39, 0.29) is 17.3 Å². The normalized spacial score (nSPS) is 13.3. The summed E-state index contributed by atoms with van der Waals surface area (Å²) in [6.45, 7) is 0. The molecule has 7 heteroatoms. The van der Waals surface area contributed by atoms with Crippen LogP contribution in [0.4, 0.5) is 4.39 Å². The number of alkyl halides is 1. The van der Waals surface area contributed by atoms with Crippen molar-refractivity contribution in [2.45, 2.75) is 5.67 Å². The van der Waals surface area contributed by atoms with E-state index in [1.165, 1.54) is 44.6 Å². The minimum Gasteiger partial charge on any atom is -0.481 e. The van der Waals surface area contributed by atoms with Crippen LogP contribution >= 0.6 is 0 Å². The van der Waals surface area contributed by atoms with E-state index in [1.54, 1.807) is 6.07 Å². The lowest BCUT2D eigenvalue weighted by molar-refractivity contribution is -0.149. The van der Waals surface area contributed by atoms with E-state index in [0.29, 0.717) is 0 Å². The summed E-state index contributed by atoms with van der Waals surface area (Å²) in [7, 11) is 2.66. The van der Waals surface area contributed by atoms with Gasteiger partial charge in [-0.1, -0.05) is 30.3 Å². The Balaban J connectivity index is 2.66. The quantitative estimate of drug-likeness (QED) is 0.904. The first kappa shape index (κ1) is 14.7. The molecule has 0 saturated carbocycles. The van der Waals surface area contributed by atoms with Crippen molar-refractivity contribution in [3.05, 3.63) is 47.8 Å². The van der Waals surface area contributed by atoms with Crippen LogP contribution in [0.25, 0.3) is 0 Å². The van der Waals surface area contributed by atoms with Crippen LogP contribution in [-0.4, -0.2) is 35.3 Å². The van der Waals surface area contributed by atoms with Crippen molar-refractivity contribution in [1.82, 2.24) is 9.97 Å². The summed E-state index contributed by atoms with van der Waals surface area (Å²) in [6, 6.07) is 8.75. The molecular formula is C14H13FN2O4. The molecule has 2 rings (SSSR count). The zero-order valence-corrected chi connectivity index (χ0v) is 11.4. The average molecular weight is 292 g/mol. The highest BCUT2D eigenvalue weighted by Crippen LogP contribution is 2.34. The Hall–Kier alpha value is -2.70. The van der Waals surface area contributed by atoms with Crippen LogP contribution in [0.5, 0.6) is 11.8 Å². The van der Waals surface area contributed by atoms with Crippen LogP contribution in [0, 0.1) is 0 Å². The number of nitrogens with zero attached hydrogens (tertiary/aromatic N) is 2. The Morgan fingerprint density at radius 3 is 2.10 bits per heavy atom. The number of carboxylic acids is 1.